The maximum atomic E-state index is 12.0. The molecule has 2 aromatic heterocycles. The molecule has 0 radical (unpaired) electrons. The summed E-state index contributed by atoms with van der Waals surface area (Å²) in [6.07, 6.45) is 0. The summed E-state index contributed by atoms with van der Waals surface area (Å²) in [6, 6.07) is 5.13. The highest BCUT2D eigenvalue weighted by Crippen LogP contribution is 2.34. The van der Waals surface area contributed by atoms with Crippen LogP contribution in [0.2, 0.25) is 0 Å². The highest BCUT2D eigenvalue weighted by atomic mass is 16.5. The minimum Gasteiger partial charge on any atom is -0.481 e. The molecule has 0 aliphatic heterocycles. The monoisotopic (exact) mass is 431 g/mol. The first-order chi connectivity index (χ1) is 15.0. The largest absolute Gasteiger partial charge is 0.481 e. The average Bonchev–Trinajstić information content (AvgIpc) is 2.78. The third-order valence-electron chi connectivity index (χ3n) is 3.62. The maximum Gasteiger partial charge on any atom is 0.343 e. The molecule has 0 unspecified atom stereocenters. The Balaban J connectivity index is 2.00. The minimum atomic E-state index is -1.34. The van der Waals surface area contributed by atoms with E-state index in [2.05, 4.69) is 24.9 Å². The fraction of sp³-hybridized carbons (Fsp3) is 0.222. The van der Waals surface area contributed by atoms with E-state index in [0.29, 0.717) is 0 Å². The zero-order valence-corrected chi connectivity index (χ0v) is 16.9. The van der Waals surface area contributed by atoms with Gasteiger partial charge in [0, 0.05) is 0 Å². The molecule has 2 heterocycles. The first kappa shape index (κ1) is 21.3. The van der Waals surface area contributed by atoms with E-state index in [1.54, 1.807) is 0 Å². The number of carboxylic acids is 1. The lowest BCUT2D eigenvalue weighted by molar-refractivity contribution is 0.0691. The van der Waals surface area contributed by atoms with Crippen molar-refractivity contribution in [1.29, 1.82) is 0 Å². The molecule has 1 N–H and O–H groups in total. The molecular weight excluding hydrogens is 414 g/mol. The molecule has 1 aromatic carbocycles. The summed E-state index contributed by atoms with van der Waals surface area (Å²) >= 11 is 0. The summed E-state index contributed by atoms with van der Waals surface area (Å²) in [5.74, 6) is -1.23. The van der Waals surface area contributed by atoms with Gasteiger partial charge in [0.15, 0.2) is 0 Å². The van der Waals surface area contributed by atoms with Crippen LogP contribution in [0.25, 0.3) is 0 Å². The van der Waals surface area contributed by atoms with E-state index in [0.717, 1.165) is 0 Å². The van der Waals surface area contributed by atoms with Crippen molar-refractivity contribution < 1.29 is 38.3 Å². The van der Waals surface area contributed by atoms with E-state index in [9.17, 15) is 9.90 Å². The van der Waals surface area contributed by atoms with E-state index < -0.39 is 5.97 Å². The van der Waals surface area contributed by atoms with Crippen LogP contribution in [0.1, 0.15) is 10.4 Å². The summed E-state index contributed by atoms with van der Waals surface area (Å²) in [7, 11) is 5.50. The number of nitrogens with zero attached hydrogens (tertiary/aromatic N) is 5. The number of hydrogen-bond acceptors (Lipinski definition) is 12. The van der Waals surface area contributed by atoms with Crippen LogP contribution in [-0.2, 0) is 0 Å². The molecule has 162 valence electrons. The summed E-state index contributed by atoms with van der Waals surface area (Å²) in [4.78, 5) is 31.7. The van der Waals surface area contributed by atoms with Crippen molar-refractivity contribution in [1.82, 2.24) is 24.9 Å². The van der Waals surface area contributed by atoms with Gasteiger partial charge in [-0.2, -0.15) is 9.97 Å². The Kier molecular flexibility index (Phi) is 6.45. The molecule has 0 saturated heterocycles. The zero-order valence-electron chi connectivity index (χ0n) is 16.9. The van der Waals surface area contributed by atoms with Gasteiger partial charge in [-0.1, -0.05) is 6.07 Å². The third-order valence-corrected chi connectivity index (χ3v) is 3.62. The van der Waals surface area contributed by atoms with Gasteiger partial charge in [-0.25, -0.2) is 4.79 Å². The van der Waals surface area contributed by atoms with Gasteiger partial charge in [0.1, 0.15) is 17.1 Å². The average molecular weight is 431 g/mol. The van der Waals surface area contributed by atoms with Crippen LogP contribution in [-0.4, -0.2) is 64.4 Å². The van der Waals surface area contributed by atoms with Crippen molar-refractivity contribution in [2.24, 2.45) is 0 Å². The van der Waals surface area contributed by atoms with Crippen molar-refractivity contribution >= 4 is 5.97 Å². The predicted octanol–water partition coefficient (Wildman–Crippen LogP) is 1.98. The van der Waals surface area contributed by atoms with Gasteiger partial charge in [-0.05, 0) is 12.1 Å². The normalized spacial score (nSPS) is 10.2. The van der Waals surface area contributed by atoms with Gasteiger partial charge in [-0.15, -0.1) is 15.0 Å². The van der Waals surface area contributed by atoms with Gasteiger partial charge < -0.3 is 33.5 Å². The first-order valence-electron chi connectivity index (χ1n) is 8.50. The lowest BCUT2D eigenvalue weighted by Crippen LogP contribution is -2.06. The molecule has 0 atom stereocenters. The number of aromatic nitrogens is 5. The molecule has 13 nitrogen and oxygen atoms in total. The van der Waals surface area contributed by atoms with Crippen molar-refractivity contribution in [2.75, 3.05) is 28.4 Å². The summed E-state index contributed by atoms with van der Waals surface area (Å²) in [5, 5.41) is 9.75. The van der Waals surface area contributed by atoms with E-state index in [1.807, 2.05) is 0 Å². The number of benzene rings is 1. The second-order valence-corrected chi connectivity index (χ2v) is 5.47. The van der Waals surface area contributed by atoms with E-state index in [1.165, 1.54) is 52.7 Å². The smallest absolute Gasteiger partial charge is 0.343 e. The number of aromatic carboxylic acids is 1. The van der Waals surface area contributed by atoms with Crippen molar-refractivity contribution in [3.05, 3.63) is 29.8 Å². The van der Waals surface area contributed by atoms with E-state index >= 15 is 0 Å². The van der Waals surface area contributed by atoms with Gasteiger partial charge in [0.05, 0.1) is 34.5 Å². The third kappa shape index (κ3) is 4.95. The van der Waals surface area contributed by atoms with Gasteiger partial charge >= 0.3 is 30.0 Å². The molecule has 3 aromatic rings. The Morgan fingerprint density at radius 3 is 1.58 bits per heavy atom. The highest BCUT2D eigenvalue weighted by molar-refractivity contribution is 5.94. The van der Waals surface area contributed by atoms with Crippen LogP contribution in [0.15, 0.2) is 24.3 Å². The second-order valence-electron chi connectivity index (χ2n) is 5.47. The van der Waals surface area contributed by atoms with Crippen molar-refractivity contribution in [3.8, 4) is 47.3 Å². The topological polar surface area (TPSA) is 157 Å². The van der Waals surface area contributed by atoms with Gasteiger partial charge in [-0.3, -0.25) is 0 Å². The van der Waals surface area contributed by atoms with E-state index in [-0.39, 0.29) is 52.9 Å². The molecule has 0 aliphatic carbocycles. The number of carbonyl (C=O) groups is 1. The standard InChI is InChI=1S/C18H17N5O8/c1-26-11-8-12(27-2)20-17(19-11)30-9-6-5-7-10(13(9)14(24)25)31-18-22-15(28-3)21-16(23-18)29-4/h5-8H,1-4H3,(H,24,25). The SMILES string of the molecule is COc1cc(OC)nc(Oc2cccc(Oc3nc(OC)nc(OC)n3)c2C(=O)O)n1. The minimum absolute atomic E-state index is 0.0806. The van der Waals surface area contributed by atoms with E-state index in [4.69, 9.17) is 28.4 Å². The summed E-state index contributed by atoms with van der Waals surface area (Å²) < 4.78 is 31.2. The molecule has 0 spiro atoms. The van der Waals surface area contributed by atoms with Crippen LogP contribution in [0.5, 0.6) is 47.3 Å². The lowest BCUT2D eigenvalue weighted by atomic mass is 10.2. The number of hydrogen-bond donors (Lipinski definition) is 1. The number of methoxy groups -OCH3 is 4. The number of carboxylic acid groups (broad SMARTS) is 1. The summed E-state index contributed by atoms with van der Waals surface area (Å²) in [6.45, 7) is 0. The molecule has 31 heavy (non-hydrogen) atoms. The Labute approximate surface area is 175 Å². The van der Waals surface area contributed by atoms with Gasteiger partial charge in [0.2, 0.25) is 11.8 Å². The maximum absolute atomic E-state index is 12.0. The lowest BCUT2D eigenvalue weighted by Gasteiger charge is -2.13. The molecule has 0 saturated carbocycles. The Morgan fingerprint density at radius 1 is 0.710 bits per heavy atom. The zero-order chi connectivity index (χ0) is 22.4. The van der Waals surface area contributed by atoms with Crippen LogP contribution >= 0.6 is 0 Å². The Morgan fingerprint density at radius 2 is 1.16 bits per heavy atom. The van der Waals surface area contributed by atoms with Crippen molar-refractivity contribution in [3.63, 3.8) is 0 Å². The van der Waals surface area contributed by atoms with Crippen LogP contribution in [0.3, 0.4) is 0 Å². The highest BCUT2D eigenvalue weighted by Gasteiger charge is 2.22. The van der Waals surface area contributed by atoms with Crippen LogP contribution in [0.4, 0.5) is 0 Å². The molecule has 13 heteroatoms. The van der Waals surface area contributed by atoms with Crippen LogP contribution < -0.4 is 28.4 Å². The Hall–Kier alpha value is -4.42. The molecular formula is C18H17N5O8. The molecule has 0 aliphatic rings. The number of ether oxygens (including phenoxy) is 6. The first-order valence-corrected chi connectivity index (χ1v) is 8.50. The van der Waals surface area contributed by atoms with Crippen molar-refractivity contribution in [2.45, 2.75) is 0 Å². The summed E-state index contributed by atoms with van der Waals surface area (Å²) in [5.41, 5.74) is -0.328. The second kappa shape index (κ2) is 9.39. The van der Waals surface area contributed by atoms with Gasteiger partial charge in [0.25, 0.3) is 0 Å². The fourth-order valence-electron chi connectivity index (χ4n) is 2.28. The predicted molar refractivity (Wildman–Crippen MR) is 102 cm³/mol. The molecule has 3 rings (SSSR count). The molecule has 0 fully saturated rings. The van der Waals surface area contributed by atoms with Crippen LogP contribution in [0, 0.1) is 0 Å². The Bertz CT molecular complexity index is 974. The fourth-order valence-corrected chi connectivity index (χ4v) is 2.28. The molecule has 0 bridgehead atoms. The quantitative estimate of drug-likeness (QED) is 0.525. The molecule has 0 amide bonds. The number of rotatable bonds is 9.